The van der Waals surface area contributed by atoms with Gasteiger partial charge in [-0.25, -0.2) is 10.4 Å². The van der Waals surface area contributed by atoms with Gasteiger partial charge >= 0.3 is 0 Å². The molecule has 0 radical (unpaired) electrons. The zero-order valence-electron chi connectivity index (χ0n) is 15.2. The average Bonchev–Trinajstić information content (AvgIpc) is 2.68. The van der Waals surface area contributed by atoms with Gasteiger partial charge in [-0.2, -0.15) is 10.1 Å². The Kier molecular flexibility index (Phi) is 5.11. The van der Waals surface area contributed by atoms with Crippen molar-refractivity contribution in [3.8, 4) is 0 Å². The van der Waals surface area contributed by atoms with Crippen molar-refractivity contribution in [2.24, 2.45) is 5.10 Å². The van der Waals surface area contributed by atoms with E-state index in [1.54, 1.807) is 0 Å². The van der Waals surface area contributed by atoms with Gasteiger partial charge in [0.2, 0.25) is 5.95 Å². The minimum atomic E-state index is 0.580. The van der Waals surface area contributed by atoms with Crippen LogP contribution in [0.25, 0.3) is 0 Å². The molecule has 1 aromatic heterocycles. The molecule has 1 aliphatic heterocycles. The van der Waals surface area contributed by atoms with Crippen LogP contribution in [0.15, 0.2) is 29.4 Å². The molecular formula is C20H25N5O. The first-order valence-corrected chi connectivity index (χ1v) is 9.38. The third kappa shape index (κ3) is 3.85. The van der Waals surface area contributed by atoms with Gasteiger partial charge in [-0.3, -0.25) is 0 Å². The van der Waals surface area contributed by atoms with Crippen molar-refractivity contribution < 1.29 is 4.74 Å². The number of nitrogens with zero attached hydrogens (tertiary/aromatic N) is 4. The normalized spacial score (nSPS) is 17.3. The number of hydrazone groups is 1. The maximum atomic E-state index is 5.49. The van der Waals surface area contributed by atoms with Crippen molar-refractivity contribution in [3.63, 3.8) is 0 Å². The molecule has 0 saturated carbocycles. The molecule has 2 aromatic rings. The Morgan fingerprint density at radius 3 is 2.85 bits per heavy atom. The summed E-state index contributed by atoms with van der Waals surface area (Å²) in [4.78, 5) is 11.8. The van der Waals surface area contributed by atoms with Crippen LogP contribution in [0.4, 0.5) is 11.8 Å². The predicted octanol–water partition coefficient (Wildman–Crippen LogP) is 2.95. The van der Waals surface area contributed by atoms with Crippen LogP contribution in [0.3, 0.4) is 0 Å². The van der Waals surface area contributed by atoms with Crippen molar-refractivity contribution in [1.82, 2.24) is 9.97 Å². The first kappa shape index (κ1) is 17.0. The second-order valence-electron chi connectivity index (χ2n) is 6.89. The lowest BCUT2D eigenvalue weighted by molar-refractivity contribution is 0.122. The van der Waals surface area contributed by atoms with Gasteiger partial charge in [-0.15, -0.1) is 0 Å². The molecule has 1 fully saturated rings. The highest BCUT2D eigenvalue weighted by molar-refractivity contribution is 5.80. The molecule has 4 rings (SSSR count). The van der Waals surface area contributed by atoms with Crippen LogP contribution < -0.4 is 10.3 Å². The molecule has 2 heterocycles. The zero-order valence-corrected chi connectivity index (χ0v) is 15.2. The number of ether oxygens (including phenoxy) is 1. The molecule has 0 unspecified atom stereocenters. The number of nitrogens with one attached hydrogen (secondary N) is 1. The first-order chi connectivity index (χ1) is 12.8. The highest BCUT2D eigenvalue weighted by Gasteiger charge is 2.23. The molecule has 136 valence electrons. The molecule has 26 heavy (non-hydrogen) atoms. The van der Waals surface area contributed by atoms with Crippen molar-refractivity contribution >= 4 is 18.0 Å². The number of fused-ring (bicyclic) bond motifs is 1. The van der Waals surface area contributed by atoms with E-state index >= 15 is 0 Å². The van der Waals surface area contributed by atoms with Crippen LogP contribution >= 0.6 is 0 Å². The number of anilines is 2. The number of hydrogen-bond acceptors (Lipinski definition) is 6. The fourth-order valence-corrected chi connectivity index (χ4v) is 3.58. The van der Waals surface area contributed by atoms with Crippen LogP contribution in [-0.4, -0.2) is 42.5 Å². The summed E-state index contributed by atoms with van der Waals surface area (Å²) in [6, 6.07) is 8.23. The van der Waals surface area contributed by atoms with E-state index in [4.69, 9.17) is 14.7 Å². The van der Waals surface area contributed by atoms with Gasteiger partial charge in [0.25, 0.3) is 0 Å². The SMILES string of the molecule is Cc1cccc(/C=N/Nc2nc3c(c(N4CCOCC4)n2)CCCC3)c1. The quantitative estimate of drug-likeness (QED) is 0.678. The molecule has 6 heteroatoms. The van der Waals surface area contributed by atoms with Crippen LogP contribution in [0.2, 0.25) is 0 Å². The number of morpholine rings is 1. The third-order valence-corrected chi connectivity index (χ3v) is 4.89. The second-order valence-corrected chi connectivity index (χ2v) is 6.89. The smallest absolute Gasteiger partial charge is 0.245 e. The number of aromatic nitrogens is 2. The van der Waals surface area contributed by atoms with E-state index in [2.05, 4.69) is 34.5 Å². The molecular weight excluding hydrogens is 326 g/mol. The van der Waals surface area contributed by atoms with Gasteiger partial charge in [0.05, 0.1) is 25.1 Å². The van der Waals surface area contributed by atoms with E-state index in [0.717, 1.165) is 50.5 Å². The van der Waals surface area contributed by atoms with E-state index in [9.17, 15) is 0 Å². The van der Waals surface area contributed by atoms with E-state index in [-0.39, 0.29) is 0 Å². The Morgan fingerprint density at radius 2 is 2.00 bits per heavy atom. The van der Waals surface area contributed by atoms with E-state index in [1.165, 1.54) is 29.7 Å². The van der Waals surface area contributed by atoms with Gasteiger partial charge in [0.1, 0.15) is 5.82 Å². The second kappa shape index (κ2) is 7.83. The Hall–Kier alpha value is -2.47. The molecule has 1 aromatic carbocycles. The van der Waals surface area contributed by atoms with E-state index < -0.39 is 0 Å². The standard InChI is InChI=1S/C20H25N5O/c1-15-5-4-6-16(13-15)14-21-24-20-22-18-8-3-2-7-17(18)19(23-20)25-9-11-26-12-10-25/h4-6,13-14H,2-3,7-12H2,1H3,(H,22,23,24)/b21-14+. The summed E-state index contributed by atoms with van der Waals surface area (Å²) < 4.78 is 5.49. The molecule has 1 N–H and O–H groups in total. The lowest BCUT2D eigenvalue weighted by Gasteiger charge is -2.31. The topological polar surface area (TPSA) is 62.6 Å². The van der Waals surface area contributed by atoms with E-state index in [0.29, 0.717) is 5.95 Å². The van der Waals surface area contributed by atoms with E-state index in [1.807, 2.05) is 18.3 Å². The van der Waals surface area contributed by atoms with Gasteiger partial charge < -0.3 is 9.64 Å². The summed E-state index contributed by atoms with van der Waals surface area (Å²) in [7, 11) is 0. The van der Waals surface area contributed by atoms with Crippen LogP contribution in [0.1, 0.15) is 35.2 Å². The summed E-state index contributed by atoms with van der Waals surface area (Å²) >= 11 is 0. The average molecular weight is 351 g/mol. The van der Waals surface area contributed by atoms with Gasteiger partial charge in [-0.05, 0) is 38.2 Å². The number of aryl methyl sites for hydroxylation is 2. The Morgan fingerprint density at radius 1 is 1.15 bits per heavy atom. The summed E-state index contributed by atoms with van der Waals surface area (Å²) in [5, 5.41) is 4.34. The van der Waals surface area contributed by atoms with Crippen molar-refractivity contribution in [3.05, 3.63) is 46.6 Å². The fourth-order valence-electron chi connectivity index (χ4n) is 3.58. The van der Waals surface area contributed by atoms with Gasteiger partial charge in [-0.1, -0.05) is 29.8 Å². The molecule has 1 saturated heterocycles. The number of rotatable bonds is 4. The summed E-state index contributed by atoms with van der Waals surface area (Å²) in [6.07, 6.45) is 6.30. The summed E-state index contributed by atoms with van der Waals surface area (Å²) in [6.45, 7) is 5.36. The molecule has 2 aliphatic rings. The monoisotopic (exact) mass is 351 g/mol. The largest absolute Gasteiger partial charge is 0.378 e. The maximum Gasteiger partial charge on any atom is 0.245 e. The molecule has 1 aliphatic carbocycles. The number of hydrogen-bond donors (Lipinski definition) is 1. The number of benzene rings is 1. The van der Waals surface area contributed by atoms with Crippen molar-refractivity contribution in [2.45, 2.75) is 32.6 Å². The Balaban J connectivity index is 1.57. The summed E-state index contributed by atoms with van der Waals surface area (Å²) in [5.41, 5.74) is 7.79. The Labute approximate surface area is 154 Å². The molecule has 0 bridgehead atoms. The minimum Gasteiger partial charge on any atom is -0.378 e. The molecule has 0 atom stereocenters. The summed E-state index contributed by atoms with van der Waals surface area (Å²) in [5.74, 6) is 1.64. The zero-order chi connectivity index (χ0) is 17.8. The van der Waals surface area contributed by atoms with Gasteiger partial charge in [0.15, 0.2) is 0 Å². The van der Waals surface area contributed by atoms with Crippen LogP contribution in [0, 0.1) is 6.92 Å². The molecule has 0 spiro atoms. The predicted molar refractivity (Wildman–Crippen MR) is 104 cm³/mol. The molecule has 6 nitrogen and oxygen atoms in total. The highest BCUT2D eigenvalue weighted by Crippen LogP contribution is 2.29. The van der Waals surface area contributed by atoms with Crippen molar-refractivity contribution in [1.29, 1.82) is 0 Å². The minimum absolute atomic E-state index is 0.580. The van der Waals surface area contributed by atoms with Gasteiger partial charge in [0, 0.05) is 18.7 Å². The van der Waals surface area contributed by atoms with Crippen LogP contribution in [0.5, 0.6) is 0 Å². The first-order valence-electron chi connectivity index (χ1n) is 9.38. The highest BCUT2D eigenvalue weighted by atomic mass is 16.5. The molecule has 0 amide bonds. The third-order valence-electron chi connectivity index (χ3n) is 4.89. The maximum absolute atomic E-state index is 5.49. The van der Waals surface area contributed by atoms with Crippen molar-refractivity contribution in [2.75, 3.05) is 36.6 Å². The fraction of sp³-hybridized carbons (Fsp3) is 0.450. The Bertz CT molecular complexity index is 799. The van der Waals surface area contributed by atoms with Crippen LogP contribution in [-0.2, 0) is 17.6 Å². The lowest BCUT2D eigenvalue weighted by atomic mass is 9.96. The lowest BCUT2D eigenvalue weighted by Crippen LogP contribution is -2.38.